The first kappa shape index (κ1) is 11.2. The minimum Gasteiger partial charge on any atom is -0.495 e. The lowest BCUT2D eigenvalue weighted by Crippen LogP contribution is -2.01. The van der Waals surface area contributed by atoms with Crippen molar-refractivity contribution in [3.8, 4) is 11.4 Å². The van der Waals surface area contributed by atoms with Gasteiger partial charge in [0, 0.05) is 6.20 Å². The van der Waals surface area contributed by atoms with Crippen LogP contribution in [0.5, 0.6) is 5.75 Å². The predicted molar refractivity (Wildman–Crippen MR) is 61.5 cm³/mol. The number of imidazole rings is 1. The molecule has 1 aromatic heterocycles. The molecule has 5 heteroatoms. The van der Waals surface area contributed by atoms with Crippen molar-refractivity contribution in [1.82, 2.24) is 9.55 Å². The number of hydrogen-bond acceptors (Lipinski definition) is 4. The Balaban J connectivity index is 2.40. The Hall–Kier alpha value is -2.30. The quantitative estimate of drug-likeness (QED) is 0.755. The Morgan fingerprint density at radius 2 is 2.06 bits per heavy atom. The maximum absolute atomic E-state index is 11.3. The van der Waals surface area contributed by atoms with E-state index in [1.807, 2.05) is 24.3 Å². The highest BCUT2D eigenvalue weighted by Crippen LogP contribution is 2.21. The summed E-state index contributed by atoms with van der Waals surface area (Å²) >= 11 is 0. The van der Waals surface area contributed by atoms with Gasteiger partial charge in [0.1, 0.15) is 12.1 Å². The van der Waals surface area contributed by atoms with Crippen LogP contribution in [0.3, 0.4) is 0 Å². The van der Waals surface area contributed by atoms with Gasteiger partial charge in [-0.25, -0.2) is 9.78 Å². The molecule has 17 heavy (non-hydrogen) atoms. The fraction of sp³-hybridized carbons (Fsp3) is 0.167. The van der Waals surface area contributed by atoms with Crippen LogP contribution in [-0.2, 0) is 4.74 Å². The number of nitrogens with zero attached hydrogens (tertiary/aromatic N) is 2. The molecule has 0 atom stereocenters. The van der Waals surface area contributed by atoms with E-state index < -0.39 is 5.97 Å². The molecule has 1 heterocycles. The molecule has 0 saturated carbocycles. The van der Waals surface area contributed by atoms with E-state index >= 15 is 0 Å². The summed E-state index contributed by atoms with van der Waals surface area (Å²) in [5, 5.41) is 0. The number of hydrogen-bond donors (Lipinski definition) is 0. The zero-order valence-electron chi connectivity index (χ0n) is 9.58. The van der Waals surface area contributed by atoms with Gasteiger partial charge < -0.3 is 14.0 Å². The second-order valence-electron chi connectivity index (χ2n) is 3.33. The Kier molecular flexibility index (Phi) is 3.09. The number of aromatic nitrogens is 2. The van der Waals surface area contributed by atoms with Gasteiger partial charge in [0.15, 0.2) is 5.69 Å². The zero-order valence-corrected chi connectivity index (χ0v) is 9.58. The van der Waals surface area contributed by atoms with Gasteiger partial charge in [-0.3, -0.25) is 0 Å². The smallest absolute Gasteiger partial charge is 0.358 e. The molecule has 0 saturated heterocycles. The summed E-state index contributed by atoms with van der Waals surface area (Å²) in [6.07, 6.45) is 3.15. The molecule has 1 aromatic carbocycles. The minimum absolute atomic E-state index is 0.262. The summed E-state index contributed by atoms with van der Waals surface area (Å²) in [5.41, 5.74) is 1.08. The first-order valence-electron chi connectivity index (χ1n) is 5.02. The van der Waals surface area contributed by atoms with Gasteiger partial charge in [-0.05, 0) is 12.1 Å². The molecule has 0 radical (unpaired) electrons. The van der Waals surface area contributed by atoms with Gasteiger partial charge in [0.25, 0.3) is 0 Å². The van der Waals surface area contributed by atoms with Gasteiger partial charge in [0.05, 0.1) is 19.9 Å². The van der Waals surface area contributed by atoms with Crippen molar-refractivity contribution in [3.05, 3.63) is 42.5 Å². The maximum atomic E-state index is 11.3. The van der Waals surface area contributed by atoms with E-state index in [1.165, 1.54) is 7.11 Å². The van der Waals surface area contributed by atoms with Gasteiger partial charge >= 0.3 is 5.97 Å². The lowest BCUT2D eigenvalue weighted by molar-refractivity contribution is 0.0594. The summed E-state index contributed by atoms with van der Waals surface area (Å²) < 4.78 is 11.5. The number of benzene rings is 1. The maximum Gasteiger partial charge on any atom is 0.358 e. The van der Waals surface area contributed by atoms with E-state index in [9.17, 15) is 4.79 Å². The standard InChI is InChI=1S/C12H12N2O3/c1-16-11-6-4-3-5-10(11)14-7-9(13-8-14)12(15)17-2/h3-8H,1-2H3. The molecule has 88 valence electrons. The molecule has 0 aliphatic carbocycles. The second kappa shape index (κ2) is 4.69. The van der Waals surface area contributed by atoms with E-state index in [4.69, 9.17) is 4.74 Å². The second-order valence-corrected chi connectivity index (χ2v) is 3.33. The van der Waals surface area contributed by atoms with Crippen LogP contribution in [0.25, 0.3) is 5.69 Å². The van der Waals surface area contributed by atoms with Crippen LogP contribution in [0.15, 0.2) is 36.8 Å². The van der Waals surface area contributed by atoms with Crippen molar-refractivity contribution in [2.75, 3.05) is 14.2 Å². The van der Waals surface area contributed by atoms with E-state index in [2.05, 4.69) is 9.72 Å². The molecular weight excluding hydrogens is 220 g/mol. The molecular formula is C12H12N2O3. The van der Waals surface area contributed by atoms with Crippen molar-refractivity contribution in [3.63, 3.8) is 0 Å². The lowest BCUT2D eigenvalue weighted by Gasteiger charge is -2.07. The number of carbonyl (C=O) groups excluding carboxylic acids is 1. The summed E-state index contributed by atoms with van der Waals surface area (Å²) in [6.45, 7) is 0. The summed E-state index contributed by atoms with van der Waals surface area (Å²) in [5.74, 6) is 0.250. The molecule has 0 bridgehead atoms. The third kappa shape index (κ3) is 2.13. The molecule has 2 rings (SSSR count). The largest absolute Gasteiger partial charge is 0.495 e. The third-order valence-electron chi connectivity index (χ3n) is 2.34. The average molecular weight is 232 g/mol. The van der Waals surface area contributed by atoms with E-state index in [-0.39, 0.29) is 5.69 Å². The predicted octanol–water partition coefficient (Wildman–Crippen LogP) is 1.67. The van der Waals surface area contributed by atoms with Gasteiger partial charge in [-0.1, -0.05) is 12.1 Å². The summed E-state index contributed by atoms with van der Waals surface area (Å²) in [7, 11) is 2.92. The molecule has 0 unspecified atom stereocenters. The highest BCUT2D eigenvalue weighted by Gasteiger charge is 2.11. The SMILES string of the molecule is COC(=O)c1cn(-c2ccccc2OC)cn1. The molecule has 0 aliphatic rings. The molecule has 0 aliphatic heterocycles. The normalized spacial score (nSPS) is 10.0. The van der Waals surface area contributed by atoms with Crippen molar-refractivity contribution in [2.45, 2.75) is 0 Å². The lowest BCUT2D eigenvalue weighted by atomic mass is 10.3. The number of esters is 1. The average Bonchev–Trinajstić information content (AvgIpc) is 2.87. The number of para-hydroxylation sites is 2. The monoisotopic (exact) mass is 232 g/mol. The Labute approximate surface area is 98.6 Å². The summed E-state index contributed by atoms with van der Waals surface area (Å²) in [6, 6.07) is 7.48. The number of rotatable bonds is 3. The zero-order chi connectivity index (χ0) is 12.3. The molecule has 2 aromatic rings. The Morgan fingerprint density at radius 3 is 2.76 bits per heavy atom. The third-order valence-corrected chi connectivity index (χ3v) is 2.34. The van der Waals surface area contributed by atoms with Crippen LogP contribution in [-0.4, -0.2) is 29.7 Å². The van der Waals surface area contributed by atoms with Crippen LogP contribution in [0.4, 0.5) is 0 Å². The first-order valence-corrected chi connectivity index (χ1v) is 5.02. The van der Waals surface area contributed by atoms with Crippen molar-refractivity contribution in [2.24, 2.45) is 0 Å². The molecule has 0 fully saturated rings. The van der Waals surface area contributed by atoms with Crippen LogP contribution in [0.2, 0.25) is 0 Å². The topological polar surface area (TPSA) is 53.4 Å². The van der Waals surface area contributed by atoms with Crippen molar-refractivity contribution in [1.29, 1.82) is 0 Å². The van der Waals surface area contributed by atoms with Crippen LogP contribution < -0.4 is 4.74 Å². The first-order chi connectivity index (χ1) is 8.26. The fourth-order valence-electron chi connectivity index (χ4n) is 1.51. The number of ether oxygens (including phenoxy) is 2. The van der Waals surface area contributed by atoms with Crippen LogP contribution in [0.1, 0.15) is 10.5 Å². The van der Waals surface area contributed by atoms with Crippen LogP contribution >= 0.6 is 0 Å². The van der Waals surface area contributed by atoms with Crippen molar-refractivity contribution >= 4 is 5.97 Å². The van der Waals surface area contributed by atoms with Crippen molar-refractivity contribution < 1.29 is 14.3 Å². The minimum atomic E-state index is -0.460. The van der Waals surface area contributed by atoms with Gasteiger partial charge in [0.2, 0.25) is 0 Å². The Bertz CT molecular complexity index is 534. The van der Waals surface area contributed by atoms with E-state index in [0.29, 0.717) is 5.75 Å². The fourth-order valence-corrected chi connectivity index (χ4v) is 1.51. The van der Waals surface area contributed by atoms with Gasteiger partial charge in [-0.2, -0.15) is 0 Å². The van der Waals surface area contributed by atoms with Crippen LogP contribution in [0, 0.1) is 0 Å². The Morgan fingerprint density at radius 1 is 1.29 bits per heavy atom. The molecule has 0 N–H and O–H groups in total. The highest BCUT2D eigenvalue weighted by molar-refractivity contribution is 5.86. The van der Waals surface area contributed by atoms with Gasteiger partial charge in [-0.15, -0.1) is 0 Å². The summed E-state index contributed by atoms with van der Waals surface area (Å²) in [4.78, 5) is 15.3. The van der Waals surface area contributed by atoms with E-state index in [1.54, 1.807) is 24.2 Å². The number of carbonyl (C=O) groups is 1. The molecule has 0 spiro atoms. The molecule has 5 nitrogen and oxygen atoms in total. The van der Waals surface area contributed by atoms with E-state index in [0.717, 1.165) is 5.69 Å². The molecule has 0 amide bonds. The highest BCUT2D eigenvalue weighted by atomic mass is 16.5. The number of methoxy groups -OCH3 is 2.